The van der Waals surface area contributed by atoms with Gasteiger partial charge < -0.3 is 20.1 Å². The molecule has 2 N–H and O–H groups in total. The summed E-state index contributed by atoms with van der Waals surface area (Å²) >= 11 is 0. The molecule has 0 saturated carbocycles. The number of anilines is 1. The minimum Gasteiger partial charge on any atom is -0.443 e. The van der Waals surface area contributed by atoms with E-state index in [0.717, 1.165) is 17.0 Å². The Morgan fingerprint density at radius 2 is 1.52 bits per heavy atom. The van der Waals surface area contributed by atoms with Crippen molar-refractivity contribution in [2.45, 2.75) is 91.5 Å². The van der Waals surface area contributed by atoms with E-state index in [-0.39, 0.29) is 41.7 Å². The molecule has 3 heterocycles. The lowest BCUT2D eigenvalue weighted by Gasteiger charge is -2.28. The van der Waals surface area contributed by atoms with Crippen molar-refractivity contribution >= 4 is 46.4 Å². The first-order chi connectivity index (χ1) is 25.3. The van der Waals surface area contributed by atoms with Gasteiger partial charge in [-0.1, -0.05) is 32.0 Å². The van der Waals surface area contributed by atoms with Crippen LogP contribution in [0.15, 0.2) is 61.1 Å². The molecule has 14 nitrogen and oxygen atoms in total. The van der Waals surface area contributed by atoms with Crippen LogP contribution in [0, 0.1) is 11.6 Å². The second-order valence-corrected chi connectivity index (χ2v) is 14.9. The fraction of sp³-hybridized carbons (Fsp3) is 0.368. The highest BCUT2D eigenvalue weighted by Crippen LogP contribution is 2.29. The van der Waals surface area contributed by atoms with E-state index in [1.54, 1.807) is 71.9 Å². The Morgan fingerprint density at radius 3 is 2.15 bits per heavy atom. The number of benzene rings is 2. The number of aromatic nitrogens is 5. The van der Waals surface area contributed by atoms with Crippen LogP contribution < -0.4 is 15.5 Å². The third-order valence-electron chi connectivity index (χ3n) is 7.79. The molecule has 54 heavy (non-hydrogen) atoms. The normalized spacial score (nSPS) is 12.4. The standard InChI is InChI=1S/C38H42F2N8O6/c1-21(2)30-18-29(46-34-43-20-44-48(30)34)33(50)45-28(17-22-10-12-26(39)27(40)16-22)32(49)42-19-23-9-11-25-24(15-23)13-14-41-31(25)47(35(51)53-37(3,4)5)36(52)54-38(6,7)8/h9-16,18,20-21,28H,17,19H2,1-8H3,(H,42,49)(H,45,50)/t28-/m0/s1. The van der Waals surface area contributed by atoms with Gasteiger partial charge in [0.25, 0.3) is 11.7 Å². The predicted octanol–water partition coefficient (Wildman–Crippen LogP) is 6.41. The fourth-order valence-corrected chi connectivity index (χ4v) is 5.38. The van der Waals surface area contributed by atoms with Crippen molar-refractivity contribution in [2.75, 3.05) is 4.90 Å². The van der Waals surface area contributed by atoms with Gasteiger partial charge in [0.05, 0.1) is 5.69 Å². The van der Waals surface area contributed by atoms with Crippen molar-refractivity contribution < 1.29 is 37.4 Å². The molecule has 0 bridgehead atoms. The van der Waals surface area contributed by atoms with Crippen LogP contribution in [0.1, 0.15) is 88.6 Å². The topological polar surface area (TPSA) is 170 Å². The van der Waals surface area contributed by atoms with Crippen LogP contribution >= 0.6 is 0 Å². The lowest BCUT2D eigenvalue weighted by atomic mass is 10.0. The maximum atomic E-state index is 14.2. The van der Waals surface area contributed by atoms with Crippen molar-refractivity contribution in [3.05, 3.63) is 95.2 Å². The number of fused-ring (bicyclic) bond motifs is 2. The van der Waals surface area contributed by atoms with Gasteiger partial charge in [-0.2, -0.15) is 15.0 Å². The van der Waals surface area contributed by atoms with Crippen molar-refractivity contribution in [1.82, 2.24) is 35.2 Å². The number of carbonyl (C=O) groups excluding carboxylic acids is 4. The highest BCUT2D eigenvalue weighted by molar-refractivity contribution is 6.13. The predicted molar refractivity (Wildman–Crippen MR) is 195 cm³/mol. The molecule has 5 aromatic rings. The maximum Gasteiger partial charge on any atom is 0.425 e. The van der Waals surface area contributed by atoms with E-state index in [1.807, 2.05) is 13.8 Å². The molecule has 3 aromatic heterocycles. The molecule has 0 aliphatic heterocycles. The van der Waals surface area contributed by atoms with Gasteiger partial charge in [0, 0.05) is 24.5 Å². The van der Waals surface area contributed by atoms with Crippen LogP contribution in [0.25, 0.3) is 16.6 Å². The maximum absolute atomic E-state index is 14.2. The van der Waals surface area contributed by atoms with Gasteiger partial charge in [-0.3, -0.25) is 9.59 Å². The second kappa shape index (κ2) is 15.5. The number of halogens is 2. The van der Waals surface area contributed by atoms with Gasteiger partial charge in [0.2, 0.25) is 5.91 Å². The summed E-state index contributed by atoms with van der Waals surface area (Å²) in [4.78, 5) is 67.3. The molecule has 0 radical (unpaired) electrons. The molecule has 0 fully saturated rings. The molecule has 2 aromatic carbocycles. The number of nitrogens with one attached hydrogen (secondary N) is 2. The lowest BCUT2D eigenvalue weighted by molar-refractivity contribution is -0.123. The number of pyridine rings is 1. The molecule has 0 saturated heterocycles. The molecule has 16 heteroatoms. The van der Waals surface area contributed by atoms with Crippen molar-refractivity contribution in [2.24, 2.45) is 0 Å². The largest absolute Gasteiger partial charge is 0.443 e. The highest BCUT2D eigenvalue weighted by atomic mass is 19.2. The van der Waals surface area contributed by atoms with E-state index in [2.05, 4.69) is 30.7 Å². The van der Waals surface area contributed by atoms with Gasteiger partial charge in [0.1, 0.15) is 29.3 Å². The van der Waals surface area contributed by atoms with Gasteiger partial charge in [0.15, 0.2) is 17.5 Å². The number of rotatable bonds is 9. The molecular formula is C38H42F2N8O6. The minimum atomic E-state index is -1.23. The van der Waals surface area contributed by atoms with E-state index >= 15 is 0 Å². The van der Waals surface area contributed by atoms with Crippen molar-refractivity contribution in [3.8, 4) is 0 Å². The van der Waals surface area contributed by atoms with Crippen molar-refractivity contribution in [3.63, 3.8) is 0 Å². The van der Waals surface area contributed by atoms with Crippen LogP contribution in [0.2, 0.25) is 0 Å². The van der Waals surface area contributed by atoms with E-state index < -0.39 is 52.9 Å². The monoisotopic (exact) mass is 744 g/mol. The number of carbonyl (C=O) groups is 4. The first kappa shape index (κ1) is 39.2. The Bertz CT molecular complexity index is 2200. The molecule has 0 aliphatic carbocycles. The Morgan fingerprint density at radius 1 is 0.852 bits per heavy atom. The minimum absolute atomic E-state index is 0.00645. The summed E-state index contributed by atoms with van der Waals surface area (Å²) in [7, 11) is 0. The zero-order valence-electron chi connectivity index (χ0n) is 31.2. The molecule has 0 spiro atoms. The molecular weight excluding hydrogens is 702 g/mol. The van der Waals surface area contributed by atoms with Gasteiger partial charge in [-0.05, 0) is 94.3 Å². The summed E-state index contributed by atoms with van der Waals surface area (Å²) in [5.41, 5.74) is -0.301. The van der Waals surface area contributed by atoms with Crippen LogP contribution in [0.5, 0.6) is 0 Å². The van der Waals surface area contributed by atoms with Crippen LogP contribution in [0.4, 0.5) is 24.2 Å². The number of ether oxygens (including phenoxy) is 2. The summed E-state index contributed by atoms with van der Waals surface area (Å²) in [6.45, 7) is 13.8. The zero-order chi connectivity index (χ0) is 39.5. The van der Waals surface area contributed by atoms with Gasteiger partial charge >= 0.3 is 12.2 Å². The third kappa shape index (κ3) is 9.48. The average molecular weight is 745 g/mol. The summed E-state index contributed by atoms with van der Waals surface area (Å²) < 4.78 is 40.4. The summed E-state index contributed by atoms with van der Waals surface area (Å²) in [5, 5.41) is 10.7. The number of hydrogen-bond acceptors (Lipinski definition) is 10. The zero-order valence-corrected chi connectivity index (χ0v) is 31.2. The highest BCUT2D eigenvalue weighted by Gasteiger charge is 2.34. The first-order valence-electron chi connectivity index (χ1n) is 17.2. The van der Waals surface area contributed by atoms with E-state index in [4.69, 9.17) is 9.47 Å². The van der Waals surface area contributed by atoms with E-state index in [1.165, 1.54) is 23.1 Å². The first-order valence-corrected chi connectivity index (χ1v) is 17.2. The summed E-state index contributed by atoms with van der Waals surface area (Å²) in [5.74, 6) is -3.31. The smallest absolute Gasteiger partial charge is 0.425 e. The lowest BCUT2D eigenvalue weighted by Crippen LogP contribution is -2.48. The van der Waals surface area contributed by atoms with E-state index in [0.29, 0.717) is 22.0 Å². The number of hydrogen-bond donors (Lipinski definition) is 2. The van der Waals surface area contributed by atoms with Crippen LogP contribution in [0.3, 0.4) is 0 Å². The summed E-state index contributed by atoms with van der Waals surface area (Å²) in [6, 6.07) is 10.3. The molecule has 0 aliphatic rings. The van der Waals surface area contributed by atoms with Crippen LogP contribution in [-0.4, -0.2) is 65.8 Å². The molecule has 4 amide bonds. The van der Waals surface area contributed by atoms with Crippen LogP contribution in [-0.2, 0) is 27.2 Å². The molecule has 284 valence electrons. The second-order valence-electron chi connectivity index (χ2n) is 14.9. The number of amides is 4. The Kier molecular flexibility index (Phi) is 11.2. The fourth-order valence-electron chi connectivity index (χ4n) is 5.38. The number of nitrogens with zero attached hydrogens (tertiary/aromatic N) is 6. The quantitative estimate of drug-likeness (QED) is 0.172. The number of imide groups is 1. The Balaban J connectivity index is 1.40. The van der Waals surface area contributed by atoms with E-state index in [9.17, 15) is 28.0 Å². The van der Waals surface area contributed by atoms with Gasteiger partial charge in [-0.15, -0.1) is 0 Å². The average Bonchev–Trinajstić information content (AvgIpc) is 3.55. The molecule has 1 atom stereocenters. The Hall–Kier alpha value is -6.06. The summed E-state index contributed by atoms with van der Waals surface area (Å²) in [6.07, 6.45) is 0.623. The van der Waals surface area contributed by atoms with Gasteiger partial charge in [-0.25, -0.2) is 32.9 Å². The third-order valence-corrected chi connectivity index (χ3v) is 7.79. The van der Waals surface area contributed by atoms with Crippen molar-refractivity contribution in [1.29, 1.82) is 0 Å². The Labute approximate surface area is 310 Å². The molecule has 5 rings (SSSR count). The SMILES string of the molecule is CC(C)c1cc(C(=O)N[C@@H](Cc2ccc(F)c(F)c2)C(=O)NCc2ccc3c(N(C(=O)OC(C)(C)C)C(=O)OC(C)(C)C)nccc3c2)nc2ncnn12. The molecule has 0 unspecified atom stereocenters.